The number of hydrogen-bond acceptors (Lipinski definition) is 7. The molecule has 32 heavy (non-hydrogen) atoms. The number of anilines is 1. The first kappa shape index (κ1) is 21.0. The molecule has 10 heteroatoms. The van der Waals surface area contributed by atoms with Gasteiger partial charge in [-0.05, 0) is 56.2 Å². The number of aromatic nitrogens is 5. The summed E-state index contributed by atoms with van der Waals surface area (Å²) in [5.74, 6) is -0.0665. The second-order valence-corrected chi connectivity index (χ2v) is 7.70. The number of carboxylic acid groups (broad SMARTS) is 1. The molecule has 4 N–H and O–H groups in total. The average molecular weight is 434 g/mol. The van der Waals surface area contributed by atoms with Gasteiger partial charge in [-0.15, -0.1) is 5.10 Å². The van der Waals surface area contributed by atoms with Crippen LogP contribution in [-0.4, -0.2) is 48.6 Å². The highest BCUT2D eigenvalue weighted by Crippen LogP contribution is 2.34. The Morgan fingerprint density at radius 3 is 2.72 bits per heavy atom. The molecule has 4 rings (SSSR count). The Labute approximate surface area is 182 Å². The van der Waals surface area contributed by atoms with Crippen molar-refractivity contribution >= 4 is 22.8 Å². The molecule has 10 nitrogen and oxygen atoms in total. The summed E-state index contributed by atoms with van der Waals surface area (Å²) in [6.07, 6.45) is 0. The monoisotopic (exact) mass is 434 g/mol. The Hall–Kier alpha value is -4.21. The third-order valence-electron chi connectivity index (χ3n) is 4.92. The molecule has 0 aliphatic carbocycles. The molecule has 2 aromatic heterocycles. The second kappa shape index (κ2) is 8.14. The van der Waals surface area contributed by atoms with E-state index in [9.17, 15) is 14.7 Å². The number of carbonyl (C=O) groups is 1. The first-order chi connectivity index (χ1) is 15.3. The fraction of sp³-hybridized carbons (Fsp3) is 0.227. The zero-order valence-corrected chi connectivity index (χ0v) is 17.8. The predicted octanol–water partition coefficient (Wildman–Crippen LogP) is 3.05. The maximum atomic E-state index is 12.3. The van der Waals surface area contributed by atoms with Crippen LogP contribution in [-0.2, 0) is 4.79 Å². The van der Waals surface area contributed by atoms with Crippen LogP contribution >= 0.6 is 0 Å². The highest BCUT2D eigenvalue weighted by molar-refractivity contribution is 5.83. The molecule has 0 saturated carbocycles. The first-order valence-corrected chi connectivity index (χ1v) is 9.99. The van der Waals surface area contributed by atoms with Crippen molar-refractivity contribution < 1.29 is 14.6 Å². The molecule has 0 saturated heterocycles. The van der Waals surface area contributed by atoms with Crippen molar-refractivity contribution in [2.45, 2.75) is 26.3 Å². The van der Waals surface area contributed by atoms with Crippen molar-refractivity contribution in [2.75, 3.05) is 11.9 Å². The lowest BCUT2D eigenvalue weighted by Crippen LogP contribution is -2.39. The van der Waals surface area contributed by atoms with Crippen molar-refractivity contribution in [3.05, 3.63) is 52.8 Å². The first-order valence-electron chi connectivity index (χ1n) is 9.99. The molecule has 0 amide bonds. The van der Waals surface area contributed by atoms with Gasteiger partial charge in [0.1, 0.15) is 17.1 Å². The van der Waals surface area contributed by atoms with E-state index in [1.807, 2.05) is 49.4 Å². The molecule has 4 aromatic rings. The molecule has 0 bridgehead atoms. The average Bonchev–Trinajstić information content (AvgIpc) is 3.23. The normalized spacial score (nSPS) is 11.5. The number of aliphatic carboxylic acids is 1. The molecule has 2 aromatic carbocycles. The summed E-state index contributed by atoms with van der Waals surface area (Å²) in [5.41, 5.74) is 1.94. The maximum Gasteiger partial charge on any atom is 0.328 e. The Bertz CT molecular complexity index is 1360. The van der Waals surface area contributed by atoms with E-state index in [2.05, 4.69) is 30.7 Å². The van der Waals surface area contributed by atoms with Crippen molar-refractivity contribution in [1.82, 2.24) is 25.4 Å². The van der Waals surface area contributed by atoms with Crippen LogP contribution in [0, 0.1) is 0 Å². The van der Waals surface area contributed by atoms with Gasteiger partial charge >= 0.3 is 5.97 Å². The molecule has 0 aliphatic heterocycles. The van der Waals surface area contributed by atoms with Gasteiger partial charge in [-0.25, -0.2) is 14.9 Å². The molecular formula is C22H22N6O4. The van der Waals surface area contributed by atoms with Gasteiger partial charge < -0.3 is 20.1 Å². The van der Waals surface area contributed by atoms with Crippen LogP contribution in [0.4, 0.5) is 5.69 Å². The molecule has 0 unspecified atom stereocenters. The highest BCUT2D eigenvalue weighted by atomic mass is 16.5. The minimum Gasteiger partial charge on any atom is -0.493 e. The molecule has 164 valence electrons. The Kier molecular flexibility index (Phi) is 5.35. The van der Waals surface area contributed by atoms with E-state index in [0.29, 0.717) is 29.4 Å². The van der Waals surface area contributed by atoms with E-state index in [1.54, 1.807) is 13.8 Å². The van der Waals surface area contributed by atoms with Crippen molar-refractivity contribution in [3.8, 4) is 28.3 Å². The lowest BCUT2D eigenvalue weighted by atomic mass is 10.0. The van der Waals surface area contributed by atoms with Gasteiger partial charge in [0.05, 0.1) is 12.2 Å². The van der Waals surface area contributed by atoms with E-state index in [4.69, 9.17) is 4.74 Å². The van der Waals surface area contributed by atoms with Crippen molar-refractivity contribution in [3.63, 3.8) is 0 Å². The molecule has 0 atom stereocenters. The van der Waals surface area contributed by atoms with Gasteiger partial charge in [0.2, 0.25) is 0 Å². The summed E-state index contributed by atoms with van der Waals surface area (Å²) in [6, 6.07) is 13.0. The molecular weight excluding hydrogens is 412 g/mol. The zero-order chi connectivity index (χ0) is 22.9. The lowest BCUT2D eigenvalue weighted by molar-refractivity contribution is -0.141. The van der Waals surface area contributed by atoms with Gasteiger partial charge in [-0.2, -0.15) is 0 Å². The number of hydrogen-bond donors (Lipinski definition) is 4. The van der Waals surface area contributed by atoms with Crippen LogP contribution in [0.3, 0.4) is 0 Å². The summed E-state index contributed by atoms with van der Waals surface area (Å²) in [4.78, 5) is 30.8. The lowest BCUT2D eigenvalue weighted by Gasteiger charge is -2.22. The van der Waals surface area contributed by atoms with Crippen molar-refractivity contribution in [1.29, 1.82) is 0 Å². The van der Waals surface area contributed by atoms with Gasteiger partial charge in [-0.3, -0.25) is 4.79 Å². The number of nitrogens with one attached hydrogen (secondary N) is 3. The van der Waals surface area contributed by atoms with Crippen LogP contribution in [0.25, 0.3) is 33.7 Å². The van der Waals surface area contributed by atoms with E-state index in [0.717, 1.165) is 11.1 Å². The summed E-state index contributed by atoms with van der Waals surface area (Å²) in [5, 5.41) is 22.4. The van der Waals surface area contributed by atoms with Gasteiger partial charge in [-0.1, -0.05) is 23.4 Å². The standard InChI is InChI=1S/C22H22N6O4/c1-4-32-16-11-13(12-6-5-7-14(10-12)25-22(2,3)21(30)31)8-9-15(16)18-23-19-17(20(29)24-18)26-28-27-19/h5-11,25H,4H2,1-3H3,(H,30,31)(H2,23,24,26,27,28,29). The third-order valence-corrected chi connectivity index (χ3v) is 4.92. The van der Waals surface area contributed by atoms with Crippen LogP contribution in [0.5, 0.6) is 5.75 Å². The van der Waals surface area contributed by atoms with E-state index in [1.165, 1.54) is 0 Å². The fourth-order valence-corrected chi connectivity index (χ4v) is 3.25. The maximum absolute atomic E-state index is 12.3. The summed E-state index contributed by atoms with van der Waals surface area (Å²) < 4.78 is 5.83. The smallest absolute Gasteiger partial charge is 0.328 e. The number of H-pyrrole nitrogens is 2. The largest absolute Gasteiger partial charge is 0.493 e. The Morgan fingerprint density at radius 2 is 1.97 bits per heavy atom. The summed E-state index contributed by atoms with van der Waals surface area (Å²) in [7, 11) is 0. The molecule has 0 spiro atoms. The molecule has 0 fully saturated rings. The van der Waals surface area contributed by atoms with Gasteiger partial charge in [0, 0.05) is 5.69 Å². The number of rotatable bonds is 7. The second-order valence-electron chi connectivity index (χ2n) is 7.70. The number of fused-ring (bicyclic) bond motifs is 1. The van der Waals surface area contributed by atoms with Crippen molar-refractivity contribution in [2.24, 2.45) is 0 Å². The van der Waals surface area contributed by atoms with Crippen LogP contribution in [0.2, 0.25) is 0 Å². The quantitative estimate of drug-likeness (QED) is 0.347. The Morgan fingerprint density at radius 1 is 1.19 bits per heavy atom. The third kappa shape index (κ3) is 4.02. The SMILES string of the molecule is CCOc1cc(-c2cccc(NC(C)(C)C(=O)O)c2)ccc1-c1nc2[nH]nnc2c(=O)[nH]1. The van der Waals surface area contributed by atoms with Gasteiger partial charge in [0.15, 0.2) is 11.2 Å². The predicted molar refractivity (Wildman–Crippen MR) is 120 cm³/mol. The molecule has 0 radical (unpaired) electrons. The van der Waals surface area contributed by atoms with Gasteiger partial charge in [0.25, 0.3) is 5.56 Å². The number of carboxylic acids is 1. The zero-order valence-electron chi connectivity index (χ0n) is 17.8. The minimum atomic E-state index is -1.11. The number of ether oxygens (including phenoxy) is 1. The topological polar surface area (TPSA) is 146 Å². The van der Waals surface area contributed by atoms with Crippen LogP contribution in [0.1, 0.15) is 20.8 Å². The number of nitrogens with zero attached hydrogens (tertiary/aromatic N) is 3. The highest BCUT2D eigenvalue weighted by Gasteiger charge is 2.26. The Balaban J connectivity index is 1.74. The molecule has 2 heterocycles. The summed E-state index contributed by atoms with van der Waals surface area (Å²) in [6.45, 7) is 5.49. The number of benzene rings is 2. The van der Waals surface area contributed by atoms with E-state index >= 15 is 0 Å². The van der Waals surface area contributed by atoms with Crippen LogP contribution in [0.15, 0.2) is 47.3 Å². The summed E-state index contributed by atoms with van der Waals surface area (Å²) >= 11 is 0. The van der Waals surface area contributed by atoms with E-state index < -0.39 is 17.1 Å². The molecule has 0 aliphatic rings. The fourth-order valence-electron chi connectivity index (χ4n) is 3.25. The van der Waals surface area contributed by atoms with E-state index in [-0.39, 0.29) is 11.2 Å². The minimum absolute atomic E-state index is 0.136. The number of aromatic amines is 2. The van der Waals surface area contributed by atoms with Crippen LogP contribution < -0.4 is 15.6 Å².